The summed E-state index contributed by atoms with van der Waals surface area (Å²) in [6, 6.07) is -0.612. The summed E-state index contributed by atoms with van der Waals surface area (Å²) in [6.07, 6.45) is 0.803. The Kier molecular flexibility index (Phi) is 5.35. The Morgan fingerprint density at radius 3 is 2.06 bits per heavy atom. The number of aliphatic carboxylic acids is 1. The Bertz CT molecular complexity index is 324. The molecule has 0 bridgehead atoms. The molecule has 0 spiro atoms. The first-order valence-corrected chi connectivity index (χ1v) is 6.28. The number of carboxylic acid groups (broad SMARTS) is 1. The van der Waals surface area contributed by atoms with Gasteiger partial charge >= 0.3 is 5.97 Å². The molecule has 0 aromatic rings. The molecule has 1 amide bonds. The lowest BCUT2D eigenvalue weighted by Crippen LogP contribution is -2.60. The third kappa shape index (κ3) is 3.45. The standard InChI is InChI=1S/C13H26N2O3/c1-7-8(2)9(14)10(16)15-13(5,6)12(3,4)11(17)18/h8-9H,7,14H2,1-6H3,(H,15,16)(H,17,18)/t8-,9-/m0/s1. The van der Waals surface area contributed by atoms with E-state index in [1.54, 1.807) is 27.7 Å². The van der Waals surface area contributed by atoms with Gasteiger partial charge in [0.25, 0.3) is 0 Å². The molecule has 0 aliphatic heterocycles. The highest BCUT2D eigenvalue weighted by Crippen LogP contribution is 2.30. The Hall–Kier alpha value is -1.10. The summed E-state index contributed by atoms with van der Waals surface area (Å²) < 4.78 is 0. The van der Waals surface area contributed by atoms with Crippen molar-refractivity contribution in [2.75, 3.05) is 0 Å². The highest BCUT2D eigenvalue weighted by Gasteiger charge is 2.45. The number of amides is 1. The molecule has 0 aromatic heterocycles. The minimum atomic E-state index is -1.07. The van der Waals surface area contributed by atoms with Crippen molar-refractivity contribution in [2.45, 2.75) is 59.5 Å². The maximum Gasteiger partial charge on any atom is 0.311 e. The van der Waals surface area contributed by atoms with Crippen molar-refractivity contribution < 1.29 is 14.7 Å². The van der Waals surface area contributed by atoms with Gasteiger partial charge in [0.1, 0.15) is 0 Å². The van der Waals surface area contributed by atoms with E-state index >= 15 is 0 Å². The molecular formula is C13H26N2O3. The Morgan fingerprint density at radius 2 is 1.72 bits per heavy atom. The van der Waals surface area contributed by atoms with E-state index in [2.05, 4.69) is 5.32 Å². The normalized spacial score (nSPS) is 15.9. The van der Waals surface area contributed by atoms with Crippen molar-refractivity contribution in [2.24, 2.45) is 17.1 Å². The van der Waals surface area contributed by atoms with Crippen molar-refractivity contribution >= 4 is 11.9 Å². The van der Waals surface area contributed by atoms with Crippen molar-refractivity contribution in [1.29, 1.82) is 0 Å². The van der Waals surface area contributed by atoms with E-state index in [0.717, 1.165) is 6.42 Å². The fraction of sp³-hybridized carbons (Fsp3) is 0.846. The fourth-order valence-corrected chi connectivity index (χ4v) is 1.33. The molecule has 0 aromatic carbocycles. The van der Waals surface area contributed by atoms with Gasteiger partial charge in [0.05, 0.1) is 17.0 Å². The van der Waals surface area contributed by atoms with E-state index in [9.17, 15) is 14.7 Å². The number of hydrogen-bond donors (Lipinski definition) is 3. The van der Waals surface area contributed by atoms with Crippen LogP contribution >= 0.6 is 0 Å². The zero-order valence-corrected chi connectivity index (χ0v) is 12.2. The van der Waals surface area contributed by atoms with Gasteiger partial charge < -0.3 is 16.2 Å². The first-order valence-electron chi connectivity index (χ1n) is 6.28. The van der Waals surface area contributed by atoms with E-state index in [1.807, 2.05) is 13.8 Å². The Morgan fingerprint density at radius 1 is 1.28 bits per heavy atom. The molecular weight excluding hydrogens is 232 g/mol. The van der Waals surface area contributed by atoms with Crippen LogP contribution in [-0.4, -0.2) is 28.6 Å². The van der Waals surface area contributed by atoms with Crippen molar-refractivity contribution in [3.8, 4) is 0 Å². The number of nitrogens with one attached hydrogen (secondary N) is 1. The zero-order chi connectivity index (χ0) is 14.7. The second-order valence-corrected chi connectivity index (χ2v) is 5.96. The number of carboxylic acids is 1. The number of carbonyl (C=O) groups excluding carboxylic acids is 1. The van der Waals surface area contributed by atoms with Gasteiger partial charge in [0, 0.05) is 0 Å². The lowest BCUT2D eigenvalue weighted by atomic mass is 9.74. The predicted molar refractivity (Wildman–Crippen MR) is 71.1 cm³/mol. The summed E-state index contributed by atoms with van der Waals surface area (Å²) in [4.78, 5) is 23.2. The van der Waals surface area contributed by atoms with Crippen LogP contribution in [0.25, 0.3) is 0 Å². The Balaban J connectivity index is 4.89. The SMILES string of the molecule is CC[C@H](C)[C@H](N)C(=O)NC(C)(C)C(C)(C)C(=O)O. The molecule has 5 nitrogen and oxygen atoms in total. The van der Waals surface area contributed by atoms with Gasteiger partial charge in [0.15, 0.2) is 0 Å². The highest BCUT2D eigenvalue weighted by atomic mass is 16.4. The number of carbonyl (C=O) groups is 2. The molecule has 0 heterocycles. The van der Waals surface area contributed by atoms with Crippen LogP contribution in [-0.2, 0) is 9.59 Å². The molecule has 106 valence electrons. The van der Waals surface area contributed by atoms with Gasteiger partial charge in [-0.05, 0) is 33.6 Å². The van der Waals surface area contributed by atoms with Gasteiger partial charge in [-0.15, -0.1) is 0 Å². The van der Waals surface area contributed by atoms with Crippen LogP contribution < -0.4 is 11.1 Å². The fourth-order valence-electron chi connectivity index (χ4n) is 1.33. The van der Waals surface area contributed by atoms with E-state index < -0.39 is 23.0 Å². The molecule has 0 fully saturated rings. The molecule has 0 radical (unpaired) electrons. The molecule has 0 rings (SSSR count). The van der Waals surface area contributed by atoms with Gasteiger partial charge in [-0.1, -0.05) is 20.3 Å². The van der Waals surface area contributed by atoms with Crippen LogP contribution in [0.4, 0.5) is 0 Å². The van der Waals surface area contributed by atoms with Crippen LogP contribution in [0.1, 0.15) is 48.0 Å². The highest BCUT2D eigenvalue weighted by molar-refractivity contribution is 5.84. The molecule has 0 aliphatic carbocycles. The summed E-state index contributed by atoms with van der Waals surface area (Å²) in [5.74, 6) is -1.19. The molecule has 0 unspecified atom stereocenters. The second-order valence-electron chi connectivity index (χ2n) is 5.96. The lowest BCUT2D eigenvalue weighted by Gasteiger charge is -2.39. The minimum Gasteiger partial charge on any atom is -0.481 e. The van der Waals surface area contributed by atoms with Crippen LogP contribution in [0.15, 0.2) is 0 Å². The quantitative estimate of drug-likeness (QED) is 0.671. The van der Waals surface area contributed by atoms with Gasteiger partial charge in [0.2, 0.25) is 5.91 Å². The van der Waals surface area contributed by atoms with E-state index in [1.165, 1.54) is 0 Å². The summed E-state index contributed by atoms with van der Waals surface area (Å²) in [7, 11) is 0. The number of nitrogens with two attached hydrogens (primary N) is 1. The first kappa shape index (κ1) is 16.9. The molecule has 0 saturated carbocycles. The largest absolute Gasteiger partial charge is 0.481 e. The lowest BCUT2D eigenvalue weighted by molar-refractivity contribution is -0.152. The first-order chi connectivity index (χ1) is 7.97. The smallest absolute Gasteiger partial charge is 0.311 e. The van der Waals surface area contributed by atoms with Crippen molar-refractivity contribution in [3.05, 3.63) is 0 Å². The molecule has 5 heteroatoms. The van der Waals surface area contributed by atoms with Crippen LogP contribution in [0.3, 0.4) is 0 Å². The number of rotatable bonds is 6. The van der Waals surface area contributed by atoms with Gasteiger partial charge in [-0.3, -0.25) is 9.59 Å². The average Bonchev–Trinajstić information content (AvgIpc) is 2.25. The van der Waals surface area contributed by atoms with Gasteiger partial charge in [-0.25, -0.2) is 0 Å². The topological polar surface area (TPSA) is 92.4 Å². The predicted octanol–water partition coefficient (Wildman–Crippen LogP) is 1.37. The summed E-state index contributed by atoms with van der Waals surface area (Å²) in [5.41, 5.74) is 3.89. The minimum absolute atomic E-state index is 0.0636. The van der Waals surface area contributed by atoms with Crippen LogP contribution in [0.2, 0.25) is 0 Å². The van der Waals surface area contributed by atoms with Crippen LogP contribution in [0.5, 0.6) is 0 Å². The summed E-state index contributed by atoms with van der Waals surface area (Å²) in [6.45, 7) is 10.4. The summed E-state index contributed by atoms with van der Waals surface area (Å²) >= 11 is 0. The Labute approximate surface area is 109 Å². The summed E-state index contributed by atoms with van der Waals surface area (Å²) in [5, 5.41) is 11.9. The average molecular weight is 258 g/mol. The molecule has 2 atom stereocenters. The number of hydrogen-bond acceptors (Lipinski definition) is 3. The third-order valence-corrected chi connectivity index (χ3v) is 4.09. The molecule has 18 heavy (non-hydrogen) atoms. The van der Waals surface area contributed by atoms with Gasteiger partial charge in [-0.2, -0.15) is 0 Å². The van der Waals surface area contributed by atoms with Crippen molar-refractivity contribution in [3.63, 3.8) is 0 Å². The third-order valence-electron chi connectivity index (χ3n) is 4.09. The zero-order valence-electron chi connectivity index (χ0n) is 12.2. The van der Waals surface area contributed by atoms with E-state index in [4.69, 9.17) is 5.73 Å². The van der Waals surface area contributed by atoms with Crippen LogP contribution in [0, 0.1) is 11.3 Å². The molecule has 0 saturated heterocycles. The van der Waals surface area contributed by atoms with E-state index in [-0.39, 0.29) is 11.8 Å². The maximum atomic E-state index is 12.0. The monoisotopic (exact) mass is 258 g/mol. The second kappa shape index (κ2) is 5.69. The van der Waals surface area contributed by atoms with Crippen molar-refractivity contribution in [1.82, 2.24) is 5.32 Å². The molecule has 0 aliphatic rings. The maximum absolute atomic E-state index is 12.0. The van der Waals surface area contributed by atoms with E-state index in [0.29, 0.717) is 0 Å². The molecule has 4 N–H and O–H groups in total.